The van der Waals surface area contributed by atoms with Gasteiger partial charge in [0.15, 0.2) is 0 Å². The van der Waals surface area contributed by atoms with Crippen LogP contribution >= 0.6 is 0 Å². The number of benzene rings is 2. The lowest BCUT2D eigenvalue weighted by molar-refractivity contribution is -0.143. The van der Waals surface area contributed by atoms with Crippen LogP contribution in [0.4, 0.5) is 4.79 Å². The molecule has 0 spiro atoms. The molecule has 8 nitrogen and oxygen atoms in total. The summed E-state index contributed by atoms with van der Waals surface area (Å²) in [6.45, 7) is 5.24. The minimum absolute atomic E-state index is 0.0886. The Morgan fingerprint density at radius 2 is 1.71 bits per heavy atom. The number of carbonyl (C=O) groups is 3. The minimum atomic E-state index is -1.49. The maximum absolute atomic E-state index is 13.1. The molecule has 3 rings (SSSR count). The lowest BCUT2D eigenvalue weighted by Gasteiger charge is -2.32. The standard InChI is InChI=1S/C27H32N2O6/c1-4-6-15-23(24(30)31)28-25(32)27(5-2,17-34-3)29-26(33)35-16-22-20-13-9-7-11-18(20)19-12-8-10-14-21(19)22/h4,7-14,22-23H,1,5-6,15-17H2,2-3H3,(H,28,32)(H,29,33)(H,30,31). The molecule has 0 aliphatic heterocycles. The van der Waals surface area contributed by atoms with Crippen molar-refractivity contribution < 1.29 is 29.0 Å². The van der Waals surface area contributed by atoms with E-state index in [-0.39, 0.29) is 32.0 Å². The summed E-state index contributed by atoms with van der Waals surface area (Å²) in [5.74, 6) is -1.94. The number of aliphatic carboxylic acids is 1. The molecule has 3 N–H and O–H groups in total. The largest absolute Gasteiger partial charge is 0.480 e. The maximum atomic E-state index is 13.1. The fourth-order valence-corrected chi connectivity index (χ4v) is 4.42. The van der Waals surface area contributed by atoms with Crippen LogP contribution in [-0.2, 0) is 19.1 Å². The van der Waals surface area contributed by atoms with Crippen LogP contribution in [-0.4, -0.2) is 55.0 Å². The summed E-state index contributed by atoms with van der Waals surface area (Å²) < 4.78 is 10.8. The monoisotopic (exact) mass is 480 g/mol. The van der Waals surface area contributed by atoms with Crippen molar-refractivity contribution in [1.82, 2.24) is 10.6 Å². The minimum Gasteiger partial charge on any atom is -0.480 e. The molecule has 2 aromatic rings. The van der Waals surface area contributed by atoms with Gasteiger partial charge in [0, 0.05) is 13.0 Å². The van der Waals surface area contributed by atoms with Gasteiger partial charge in [-0.2, -0.15) is 0 Å². The van der Waals surface area contributed by atoms with E-state index >= 15 is 0 Å². The van der Waals surface area contributed by atoms with E-state index < -0.39 is 29.6 Å². The zero-order valence-corrected chi connectivity index (χ0v) is 20.1. The number of fused-ring (bicyclic) bond motifs is 3. The smallest absolute Gasteiger partial charge is 0.408 e. The topological polar surface area (TPSA) is 114 Å². The molecule has 8 heteroatoms. The molecule has 0 fully saturated rings. The molecule has 0 radical (unpaired) electrons. The van der Waals surface area contributed by atoms with Gasteiger partial charge in [0.1, 0.15) is 18.2 Å². The number of rotatable bonds is 12. The van der Waals surface area contributed by atoms with Gasteiger partial charge < -0.3 is 25.2 Å². The zero-order valence-electron chi connectivity index (χ0n) is 20.1. The molecule has 0 saturated carbocycles. The first kappa shape index (κ1) is 26.0. The van der Waals surface area contributed by atoms with Crippen LogP contribution in [0.25, 0.3) is 11.1 Å². The summed E-state index contributed by atoms with van der Waals surface area (Å²) in [5, 5.41) is 14.6. The van der Waals surface area contributed by atoms with Crippen LogP contribution < -0.4 is 10.6 Å². The number of methoxy groups -OCH3 is 1. The Balaban J connectivity index is 1.73. The highest BCUT2D eigenvalue weighted by Crippen LogP contribution is 2.44. The summed E-state index contributed by atoms with van der Waals surface area (Å²) in [6, 6.07) is 14.9. The highest BCUT2D eigenvalue weighted by Gasteiger charge is 2.41. The van der Waals surface area contributed by atoms with Crippen LogP contribution in [0.5, 0.6) is 0 Å². The van der Waals surface area contributed by atoms with Crippen molar-refractivity contribution in [2.24, 2.45) is 0 Å². The molecule has 2 atom stereocenters. The first-order valence-electron chi connectivity index (χ1n) is 11.6. The van der Waals surface area contributed by atoms with E-state index in [0.29, 0.717) is 6.42 Å². The molecule has 2 aromatic carbocycles. The van der Waals surface area contributed by atoms with Crippen molar-refractivity contribution in [1.29, 1.82) is 0 Å². The van der Waals surface area contributed by atoms with Crippen LogP contribution in [0, 0.1) is 0 Å². The number of allylic oxidation sites excluding steroid dienone is 1. The molecule has 186 valence electrons. The summed E-state index contributed by atoms with van der Waals surface area (Å²) in [5.41, 5.74) is 2.88. The predicted octanol–water partition coefficient (Wildman–Crippen LogP) is 3.86. The molecular weight excluding hydrogens is 448 g/mol. The van der Waals surface area contributed by atoms with Gasteiger partial charge in [-0.25, -0.2) is 9.59 Å². The van der Waals surface area contributed by atoms with Crippen LogP contribution in [0.1, 0.15) is 43.2 Å². The Bertz CT molecular complexity index is 1040. The number of nitrogens with one attached hydrogen (secondary N) is 2. The third-order valence-electron chi connectivity index (χ3n) is 6.38. The lowest BCUT2D eigenvalue weighted by Crippen LogP contribution is -2.63. The van der Waals surface area contributed by atoms with Gasteiger partial charge in [0.05, 0.1) is 6.61 Å². The summed E-state index contributed by atoms with van der Waals surface area (Å²) in [6.07, 6.45) is 1.58. The third kappa shape index (κ3) is 5.71. The number of alkyl carbamates (subject to hydrolysis) is 1. The Morgan fingerprint density at radius 3 is 2.23 bits per heavy atom. The van der Waals surface area contributed by atoms with Crippen LogP contribution in [0.2, 0.25) is 0 Å². The number of hydrogen-bond acceptors (Lipinski definition) is 5. The Morgan fingerprint density at radius 1 is 1.11 bits per heavy atom. The number of carboxylic acid groups (broad SMARTS) is 1. The fourth-order valence-electron chi connectivity index (χ4n) is 4.42. The van der Waals surface area contributed by atoms with Crippen molar-refractivity contribution in [3.05, 3.63) is 72.3 Å². The lowest BCUT2D eigenvalue weighted by atomic mass is 9.95. The van der Waals surface area contributed by atoms with E-state index in [4.69, 9.17) is 9.47 Å². The van der Waals surface area contributed by atoms with E-state index in [1.165, 1.54) is 7.11 Å². The van der Waals surface area contributed by atoms with Gasteiger partial charge in [-0.05, 0) is 41.5 Å². The number of amides is 2. The van der Waals surface area contributed by atoms with Crippen molar-refractivity contribution >= 4 is 18.0 Å². The van der Waals surface area contributed by atoms with E-state index in [1.54, 1.807) is 13.0 Å². The highest BCUT2D eigenvalue weighted by molar-refractivity contribution is 5.93. The van der Waals surface area contributed by atoms with Gasteiger partial charge in [-0.1, -0.05) is 61.5 Å². The second-order valence-electron chi connectivity index (χ2n) is 8.55. The summed E-state index contributed by atoms with van der Waals surface area (Å²) >= 11 is 0. The van der Waals surface area contributed by atoms with E-state index in [2.05, 4.69) is 17.2 Å². The second-order valence-corrected chi connectivity index (χ2v) is 8.55. The Labute approximate surface area is 205 Å². The molecule has 1 aliphatic rings. The van der Waals surface area contributed by atoms with Crippen molar-refractivity contribution in [3.8, 4) is 11.1 Å². The number of hydrogen-bond donors (Lipinski definition) is 3. The first-order chi connectivity index (χ1) is 16.9. The fraction of sp³-hybridized carbons (Fsp3) is 0.370. The van der Waals surface area contributed by atoms with E-state index in [9.17, 15) is 19.5 Å². The maximum Gasteiger partial charge on any atom is 0.408 e. The van der Waals surface area contributed by atoms with Gasteiger partial charge in [0.2, 0.25) is 5.91 Å². The third-order valence-corrected chi connectivity index (χ3v) is 6.38. The Kier molecular flexibility index (Phi) is 8.65. The number of carbonyl (C=O) groups excluding carboxylic acids is 2. The highest BCUT2D eigenvalue weighted by atomic mass is 16.5. The quantitative estimate of drug-likeness (QED) is 0.398. The molecular formula is C27H32N2O6. The van der Waals surface area contributed by atoms with Crippen LogP contribution in [0.15, 0.2) is 61.2 Å². The summed E-state index contributed by atoms with van der Waals surface area (Å²) in [4.78, 5) is 37.6. The number of ether oxygens (including phenoxy) is 2. The SMILES string of the molecule is C=CCCC(NC(=O)C(CC)(COC)NC(=O)OCC1c2ccccc2-c2ccccc21)C(=O)O. The zero-order chi connectivity index (χ0) is 25.4. The molecule has 0 saturated heterocycles. The summed E-state index contributed by atoms with van der Waals surface area (Å²) in [7, 11) is 1.41. The van der Waals surface area contributed by atoms with Gasteiger partial charge in [-0.15, -0.1) is 6.58 Å². The average molecular weight is 481 g/mol. The molecule has 0 bridgehead atoms. The number of carboxylic acids is 1. The predicted molar refractivity (Wildman–Crippen MR) is 132 cm³/mol. The van der Waals surface area contributed by atoms with Crippen LogP contribution in [0.3, 0.4) is 0 Å². The van der Waals surface area contributed by atoms with Crippen molar-refractivity contribution in [3.63, 3.8) is 0 Å². The van der Waals surface area contributed by atoms with E-state index in [1.807, 2.05) is 48.5 Å². The first-order valence-corrected chi connectivity index (χ1v) is 11.6. The molecule has 0 heterocycles. The van der Waals surface area contributed by atoms with Crippen molar-refractivity contribution in [2.45, 2.75) is 43.7 Å². The molecule has 2 unspecified atom stereocenters. The van der Waals surface area contributed by atoms with Gasteiger partial charge in [-0.3, -0.25) is 4.79 Å². The average Bonchev–Trinajstić information content (AvgIpc) is 3.18. The molecule has 35 heavy (non-hydrogen) atoms. The molecule has 1 aliphatic carbocycles. The van der Waals surface area contributed by atoms with Gasteiger partial charge in [0.25, 0.3) is 0 Å². The Hall–Kier alpha value is -3.65. The molecule has 0 aromatic heterocycles. The van der Waals surface area contributed by atoms with E-state index in [0.717, 1.165) is 22.3 Å². The van der Waals surface area contributed by atoms with Crippen molar-refractivity contribution in [2.75, 3.05) is 20.3 Å². The molecule has 2 amide bonds. The van der Waals surface area contributed by atoms with Gasteiger partial charge >= 0.3 is 12.1 Å². The second kappa shape index (κ2) is 11.7. The normalized spacial score (nSPS) is 14.7.